The van der Waals surface area contributed by atoms with Gasteiger partial charge < -0.3 is 0 Å². The van der Waals surface area contributed by atoms with Crippen LogP contribution in [0, 0.1) is 0 Å². The molecule has 0 aromatic carbocycles. The van der Waals surface area contributed by atoms with Crippen molar-refractivity contribution in [3.63, 3.8) is 0 Å². The highest BCUT2D eigenvalue weighted by Crippen LogP contribution is 2.05. The summed E-state index contributed by atoms with van der Waals surface area (Å²) in [7, 11) is 0. The van der Waals surface area contributed by atoms with Crippen molar-refractivity contribution in [3.8, 4) is 0 Å². The van der Waals surface area contributed by atoms with E-state index in [0.717, 1.165) is 18.4 Å². The number of hydrogen-bond acceptors (Lipinski definition) is 0. The standard InChI is InChI=1S/C10H19O/c1-3-5-6-7-8-10(4-2)9-11/h8H,3-7,9H2,1-2H3/b10-8+. The van der Waals surface area contributed by atoms with Crippen LogP contribution in [0.2, 0.25) is 0 Å². The molecule has 1 nitrogen and oxygen atoms in total. The minimum atomic E-state index is -0.0113. The minimum Gasteiger partial charge on any atom is -0.232 e. The third kappa shape index (κ3) is 6.11. The van der Waals surface area contributed by atoms with Crippen molar-refractivity contribution >= 4 is 0 Å². The maximum Gasteiger partial charge on any atom is 0.103 e. The number of hydrogen-bond donors (Lipinski definition) is 0. The number of unbranched alkanes of at least 4 members (excludes halogenated alkanes) is 3. The molecule has 0 spiro atoms. The molecule has 1 heteroatoms. The first kappa shape index (κ1) is 10.7. The predicted octanol–water partition coefficient (Wildman–Crippen LogP) is 3.33. The average Bonchev–Trinajstić information content (AvgIpc) is 2.05. The summed E-state index contributed by atoms with van der Waals surface area (Å²) in [4.78, 5) is 0. The van der Waals surface area contributed by atoms with Crippen LogP contribution in [0.25, 0.3) is 0 Å². The van der Waals surface area contributed by atoms with Crippen molar-refractivity contribution in [1.29, 1.82) is 0 Å². The van der Waals surface area contributed by atoms with Crippen LogP contribution in [-0.2, 0) is 5.11 Å². The lowest BCUT2D eigenvalue weighted by molar-refractivity contribution is 0.220. The molecule has 65 valence electrons. The molecular weight excluding hydrogens is 136 g/mol. The molecule has 0 aromatic heterocycles. The van der Waals surface area contributed by atoms with E-state index in [4.69, 9.17) is 0 Å². The highest BCUT2D eigenvalue weighted by Gasteiger charge is 1.90. The third-order valence-corrected chi connectivity index (χ3v) is 1.88. The maximum atomic E-state index is 10.5. The molecule has 0 saturated carbocycles. The van der Waals surface area contributed by atoms with Gasteiger partial charge in [-0.25, -0.2) is 5.11 Å². The largest absolute Gasteiger partial charge is 0.232 e. The normalized spacial score (nSPS) is 12.1. The van der Waals surface area contributed by atoms with Crippen LogP contribution >= 0.6 is 0 Å². The second-order valence-electron chi connectivity index (χ2n) is 2.86. The summed E-state index contributed by atoms with van der Waals surface area (Å²) >= 11 is 0. The van der Waals surface area contributed by atoms with Crippen molar-refractivity contribution in [2.45, 2.75) is 46.0 Å². The highest BCUT2D eigenvalue weighted by molar-refractivity contribution is 5.00. The fraction of sp³-hybridized carbons (Fsp3) is 0.800. The zero-order valence-electron chi connectivity index (χ0n) is 7.73. The molecule has 0 fully saturated rings. The van der Waals surface area contributed by atoms with Crippen LogP contribution in [-0.4, -0.2) is 6.61 Å². The van der Waals surface area contributed by atoms with Gasteiger partial charge in [0.1, 0.15) is 6.61 Å². The maximum absolute atomic E-state index is 10.5. The topological polar surface area (TPSA) is 19.9 Å². The van der Waals surface area contributed by atoms with Gasteiger partial charge >= 0.3 is 0 Å². The van der Waals surface area contributed by atoms with E-state index in [1.807, 2.05) is 6.92 Å². The van der Waals surface area contributed by atoms with E-state index in [-0.39, 0.29) is 6.61 Å². The van der Waals surface area contributed by atoms with E-state index in [9.17, 15) is 5.11 Å². The molecule has 0 aliphatic heterocycles. The van der Waals surface area contributed by atoms with Crippen LogP contribution in [0.4, 0.5) is 0 Å². The molecule has 1 radical (unpaired) electrons. The minimum absolute atomic E-state index is 0.0113. The smallest absolute Gasteiger partial charge is 0.103 e. The van der Waals surface area contributed by atoms with Gasteiger partial charge in [-0.1, -0.05) is 32.8 Å². The zero-order chi connectivity index (χ0) is 8.53. The molecule has 0 amide bonds. The van der Waals surface area contributed by atoms with Gasteiger partial charge in [0.05, 0.1) is 0 Å². The van der Waals surface area contributed by atoms with Crippen molar-refractivity contribution in [2.24, 2.45) is 0 Å². The lowest BCUT2D eigenvalue weighted by Crippen LogP contribution is -1.86. The summed E-state index contributed by atoms with van der Waals surface area (Å²) in [6.45, 7) is 4.23. The predicted molar refractivity (Wildman–Crippen MR) is 48.1 cm³/mol. The molecule has 11 heavy (non-hydrogen) atoms. The second kappa shape index (κ2) is 7.80. The van der Waals surface area contributed by atoms with E-state index in [1.54, 1.807) is 0 Å². The van der Waals surface area contributed by atoms with Gasteiger partial charge in [-0.3, -0.25) is 0 Å². The molecule has 0 bridgehead atoms. The Labute approximate surface area is 70.1 Å². The van der Waals surface area contributed by atoms with E-state index in [2.05, 4.69) is 13.0 Å². The first-order chi connectivity index (χ1) is 5.35. The molecule has 0 rings (SSSR count). The van der Waals surface area contributed by atoms with Crippen molar-refractivity contribution < 1.29 is 5.11 Å². The summed E-state index contributed by atoms with van der Waals surface area (Å²) in [6, 6.07) is 0. The molecule has 0 aliphatic carbocycles. The van der Waals surface area contributed by atoms with Gasteiger partial charge in [0.2, 0.25) is 0 Å². The van der Waals surface area contributed by atoms with E-state index >= 15 is 0 Å². The van der Waals surface area contributed by atoms with Crippen LogP contribution in [0.3, 0.4) is 0 Å². The number of rotatable bonds is 6. The molecule has 0 aromatic rings. The molecular formula is C10H19O. The molecule has 0 aliphatic rings. The van der Waals surface area contributed by atoms with E-state index in [0.29, 0.717) is 0 Å². The molecule has 0 atom stereocenters. The molecule has 0 saturated heterocycles. The first-order valence-electron chi connectivity index (χ1n) is 4.61. The lowest BCUT2D eigenvalue weighted by Gasteiger charge is -1.97. The number of allylic oxidation sites excluding steroid dienone is 1. The Morgan fingerprint density at radius 1 is 1.27 bits per heavy atom. The summed E-state index contributed by atoms with van der Waals surface area (Å²) in [6.07, 6.45) is 7.91. The molecule has 0 N–H and O–H groups in total. The van der Waals surface area contributed by atoms with Gasteiger partial charge in [0.25, 0.3) is 0 Å². The van der Waals surface area contributed by atoms with Crippen LogP contribution in [0.15, 0.2) is 11.6 Å². The van der Waals surface area contributed by atoms with Crippen molar-refractivity contribution in [3.05, 3.63) is 11.6 Å². The summed E-state index contributed by atoms with van der Waals surface area (Å²) in [5.41, 5.74) is 1.07. The average molecular weight is 155 g/mol. The monoisotopic (exact) mass is 155 g/mol. The van der Waals surface area contributed by atoms with Gasteiger partial charge in [0, 0.05) is 0 Å². The van der Waals surface area contributed by atoms with Crippen LogP contribution in [0.5, 0.6) is 0 Å². The van der Waals surface area contributed by atoms with Gasteiger partial charge in [-0.15, -0.1) is 0 Å². The zero-order valence-corrected chi connectivity index (χ0v) is 7.73. The fourth-order valence-electron chi connectivity index (χ4n) is 1.01. The third-order valence-electron chi connectivity index (χ3n) is 1.88. The quantitative estimate of drug-likeness (QED) is 0.414. The first-order valence-corrected chi connectivity index (χ1v) is 4.61. The Morgan fingerprint density at radius 3 is 2.45 bits per heavy atom. The van der Waals surface area contributed by atoms with Crippen molar-refractivity contribution in [1.82, 2.24) is 0 Å². The molecule has 0 heterocycles. The summed E-state index contributed by atoms with van der Waals surface area (Å²) in [5.74, 6) is 0. The van der Waals surface area contributed by atoms with Crippen molar-refractivity contribution in [2.75, 3.05) is 6.61 Å². The Hall–Kier alpha value is -0.300. The van der Waals surface area contributed by atoms with E-state index in [1.165, 1.54) is 19.3 Å². The van der Waals surface area contributed by atoms with Gasteiger partial charge in [-0.05, 0) is 24.8 Å². The van der Waals surface area contributed by atoms with Crippen LogP contribution < -0.4 is 0 Å². The van der Waals surface area contributed by atoms with E-state index < -0.39 is 0 Å². The Balaban J connectivity index is 3.37. The highest BCUT2D eigenvalue weighted by atomic mass is 16.3. The Kier molecular flexibility index (Phi) is 7.59. The Morgan fingerprint density at radius 2 is 2.00 bits per heavy atom. The van der Waals surface area contributed by atoms with Crippen LogP contribution in [0.1, 0.15) is 46.0 Å². The summed E-state index contributed by atoms with van der Waals surface area (Å²) in [5, 5.41) is 10.5. The van der Waals surface area contributed by atoms with Gasteiger partial charge in [-0.2, -0.15) is 0 Å². The molecule has 0 unspecified atom stereocenters. The Bertz CT molecular complexity index is 99.4. The second-order valence-corrected chi connectivity index (χ2v) is 2.86. The van der Waals surface area contributed by atoms with Gasteiger partial charge in [0.15, 0.2) is 0 Å². The fourth-order valence-corrected chi connectivity index (χ4v) is 1.01. The summed E-state index contributed by atoms with van der Waals surface area (Å²) < 4.78 is 0. The SMILES string of the molecule is CCCCC/C=C(\CC)C[O]. The lowest BCUT2D eigenvalue weighted by atomic mass is 10.1.